The molecule has 4 nitrogen and oxygen atoms in total. The molecule has 0 aliphatic heterocycles. The number of aromatic nitrogens is 2. The fourth-order valence-corrected chi connectivity index (χ4v) is 1.99. The quantitative estimate of drug-likeness (QED) is 0.871. The van der Waals surface area contributed by atoms with E-state index in [0.29, 0.717) is 0 Å². The molecule has 0 saturated carbocycles. The third-order valence-corrected chi connectivity index (χ3v) is 3.08. The Morgan fingerprint density at radius 1 is 1.16 bits per heavy atom. The van der Waals surface area contributed by atoms with Crippen molar-refractivity contribution < 1.29 is 0 Å². The van der Waals surface area contributed by atoms with Crippen LogP contribution in [0.4, 0.5) is 17.2 Å². The summed E-state index contributed by atoms with van der Waals surface area (Å²) in [4.78, 5) is 10.2. The van der Waals surface area contributed by atoms with Gasteiger partial charge in [-0.25, -0.2) is 9.97 Å². The minimum absolute atomic E-state index is 0.244. The summed E-state index contributed by atoms with van der Waals surface area (Å²) in [5, 5.41) is 3.52. The van der Waals surface area contributed by atoms with Crippen LogP contribution in [0.3, 0.4) is 0 Å². The molecule has 19 heavy (non-hydrogen) atoms. The van der Waals surface area contributed by atoms with Gasteiger partial charge in [-0.05, 0) is 43.1 Å². The van der Waals surface area contributed by atoms with Crippen molar-refractivity contribution in [1.29, 1.82) is 0 Å². The Hall–Kier alpha value is -1.81. The summed E-state index contributed by atoms with van der Waals surface area (Å²) in [6.45, 7) is 4.03. The highest BCUT2D eigenvalue weighted by atomic mass is 35.5. The highest BCUT2D eigenvalue weighted by Crippen LogP contribution is 2.25. The lowest BCUT2D eigenvalue weighted by atomic mass is 10.1. The number of aryl methyl sites for hydroxylation is 2. The van der Waals surface area contributed by atoms with Crippen LogP contribution in [0.25, 0.3) is 0 Å². The van der Waals surface area contributed by atoms with Gasteiger partial charge in [-0.15, -0.1) is 0 Å². The molecule has 0 aliphatic carbocycles. The minimum Gasteiger partial charge on any atom is -0.377 e. The summed E-state index contributed by atoms with van der Waals surface area (Å²) in [7, 11) is 4.05. The monoisotopic (exact) mass is 276 g/mol. The highest BCUT2D eigenvalue weighted by Gasteiger charge is 2.06. The average Bonchev–Trinajstić information content (AvgIpc) is 2.36. The number of hydrogen-bond acceptors (Lipinski definition) is 4. The molecular weight excluding hydrogens is 260 g/mol. The van der Waals surface area contributed by atoms with Gasteiger partial charge in [0.2, 0.25) is 5.28 Å². The zero-order valence-electron chi connectivity index (χ0n) is 11.5. The van der Waals surface area contributed by atoms with E-state index in [1.54, 1.807) is 6.20 Å². The van der Waals surface area contributed by atoms with Crippen LogP contribution in [0, 0.1) is 13.8 Å². The minimum atomic E-state index is 0.244. The maximum absolute atomic E-state index is 5.82. The number of anilines is 3. The van der Waals surface area contributed by atoms with Crippen LogP contribution >= 0.6 is 11.6 Å². The van der Waals surface area contributed by atoms with Crippen LogP contribution in [0.1, 0.15) is 11.1 Å². The zero-order chi connectivity index (χ0) is 14.0. The fraction of sp³-hybridized carbons (Fsp3) is 0.286. The van der Waals surface area contributed by atoms with Crippen LogP contribution in [0.15, 0.2) is 24.4 Å². The van der Waals surface area contributed by atoms with Crippen molar-refractivity contribution >= 4 is 28.8 Å². The van der Waals surface area contributed by atoms with Gasteiger partial charge in [-0.1, -0.05) is 6.07 Å². The number of benzene rings is 1. The smallest absolute Gasteiger partial charge is 0.224 e. The first-order valence-corrected chi connectivity index (χ1v) is 6.39. The van der Waals surface area contributed by atoms with Crippen molar-refractivity contribution in [3.8, 4) is 0 Å². The summed E-state index contributed by atoms with van der Waals surface area (Å²) < 4.78 is 0. The first-order valence-electron chi connectivity index (χ1n) is 6.01. The Labute approximate surface area is 118 Å². The summed E-state index contributed by atoms with van der Waals surface area (Å²) >= 11 is 5.82. The first kappa shape index (κ1) is 13.6. The lowest BCUT2D eigenvalue weighted by molar-refractivity contribution is 1.11. The Morgan fingerprint density at radius 2 is 1.89 bits per heavy atom. The molecule has 0 radical (unpaired) electrons. The van der Waals surface area contributed by atoms with Gasteiger partial charge in [-0.2, -0.15) is 0 Å². The van der Waals surface area contributed by atoms with Gasteiger partial charge in [0.05, 0.1) is 0 Å². The second-order valence-corrected chi connectivity index (χ2v) is 5.03. The van der Waals surface area contributed by atoms with Gasteiger partial charge in [0.15, 0.2) is 0 Å². The number of halogens is 1. The summed E-state index contributed by atoms with van der Waals surface area (Å²) in [5.74, 6) is 0.730. The van der Waals surface area contributed by atoms with Crippen LogP contribution in [-0.2, 0) is 0 Å². The summed E-state index contributed by atoms with van der Waals surface area (Å²) in [6, 6.07) is 6.19. The molecule has 0 unspecified atom stereocenters. The number of hydrogen-bond donors (Lipinski definition) is 1. The van der Waals surface area contributed by atoms with Gasteiger partial charge in [-0.3, -0.25) is 0 Å². The lowest BCUT2D eigenvalue weighted by Gasteiger charge is -2.17. The molecule has 0 bridgehead atoms. The maximum atomic E-state index is 5.82. The van der Waals surface area contributed by atoms with E-state index in [-0.39, 0.29) is 5.28 Å². The topological polar surface area (TPSA) is 41.1 Å². The standard InChI is InChI=1S/C14H17ClN4/c1-9-5-6-11(7-12(9)19(3)4)17-13-10(2)8-16-14(15)18-13/h5-8H,1-4H3,(H,16,17,18). The van der Waals surface area contributed by atoms with E-state index in [2.05, 4.69) is 39.2 Å². The van der Waals surface area contributed by atoms with E-state index < -0.39 is 0 Å². The predicted octanol–water partition coefficient (Wildman–Crippen LogP) is 3.56. The molecule has 1 heterocycles. The van der Waals surface area contributed by atoms with E-state index in [1.807, 2.05) is 27.1 Å². The Balaban J connectivity index is 2.33. The van der Waals surface area contributed by atoms with Crippen molar-refractivity contribution in [3.63, 3.8) is 0 Å². The number of nitrogens with zero attached hydrogens (tertiary/aromatic N) is 3. The Bertz CT molecular complexity index is 596. The molecule has 2 rings (SSSR count). The molecule has 100 valence electrons. The largest absolute Gasteiger partial charge is 0.377 e. The van der Waals surface area contributed by atoms with E-state index in [4.69, 9.17) is 11.6 Å². The van der Waals surface area contributed by atoms with Crippen LogP contribution < -0.4 is 10.2 Å². The second-order valence-electron chi connectivity index (χ2n) is 4.69. The van der Waals surface area contributed by atoms with Crippen LogP contribution in [-0.4, -0.2) is 24.1 Å². The highest BCUT2D eigenvalue weighted by molar-refractivity contribution is 6.28. The van der Waals surface area contributed by atoms with Crippen LogP contribution in [0.5, 0.6) is 0 Å². The molecule has 0 fully saturated rings. The molecular formula is C14H17ClN4. The molecule has 0 atom stereocenters. The van der Waals surface area contributed by atoms with E-state index in [1.165, 1.54) is 11.3 Å². The average molecular weight is 277 g/mol. The van der Waals surface area contributed by atoms with Crippen molar-refractivity contribution in [2.75, 3.05) is 24.3 Å². The van der Waals surface area contributed by atoms with Gasteiger partial charge in [0.25, 0.3) is 0 Å². The van der Waals surface area contributed by atoms with Crippen molar-refractivity contribution in [1.82, 2.24) is 9.97 Å². The predicted molar refractivity (Wildman–Crippen MR) is 80.6 cm³/mol. The summed E-state index contributed by atoms with van der Waals surface area (Å²) in [5.41, 5.74) is 4.33. The Morgan fingerprint density at radius 3 is 2.58 bits per heavy atom. The fourth-order valence-electron chi connectivity index (χ4n) is 1.85. The molecule has 1 aromatic carbocycles. The number of nitrogens with one attached hydrogen (secondary N) is 1. The van der Waals surface area contributed by atoms with Crippen molar-refractivity contribution in [2.45, 2.75) is 13.8 Å². The number of rotatable bonds is 3. The van der Waals surface area contributed by atoms with Crippen LogP contribution in [0.2, 0.25) is 5.28 Å². The second kappa shape index (κ2) is 5.45. The molecule has 5 heteroatoms. The van der Waals surface area contributed by atoms with Gasteiger partial charge in [0, 0.05) is 37.2 Å². The van der Waals surface area contributed by atoms with E-state index in [9.17, 15) is 0 Å². The molecule has 1 N–H and O–H groups in total. The maximum Gasteiger partial charge on any atom is 0.224 e. The molecule has 0 amide bonds. The lowest BCUT2D eigenvalue weighted by Crippen LogP contribution is -2.10. The first-order chi connectivity index (χ1) is 8.97. The van der Waals surface area contributed by atoms with Gasteiger partial charge >= 0.3 is 0 Å². The Kier molecular flexibility index (Phi) is 3.90. The third-order valence-electron chi connectivity index (χ3n) is 2.90. The van der Waals surface area contributed by atoms with Gasteiger partial charge < -0.3 is 10.2 Å². The van der Waals surface area contributed by atoms with E-state index >= 15 is 0 Å². The molecule has 0 spiro atoms. The van der Waals surface area contributed by atoms with Gasteiger partial charge in [0.1, 0.15) is 5.82 Å². The third kappa shape index (κ3) is 3.15. The summed E-state index contributed by atoms with van der Waals surface area (Å²) in [6.07, 6.45) is 1.71. The van der Waals surface area contributed by atoms with Crippen molar-refractivity contribution in [3.05, 3.63) is 40.8 Å². The molecule has 1 aromatic heterocycles. The normalized spacial score (nSPS) is 10.4. The molecule has 0 aliphatic rings. The molecule has 0 saturated heterocycles. The zero-order valence-corrected chi connectivity index (χ0v) is 12.3. The SMILES string of the molecule is Cc1ccc(Nc2nc(Cl)ncc2C)cc1N(C)C. The van der Waals surface area contributed by atoms with E-state index in [0.717, 1.165) is 17.1 Å². The molecule has 2 aromatic rings. The van der Waals surface area contributed by atoms with Crippen molar-refractivity contribution in [2.24, 2.45) is 0 Å².